The van der Waals surface area contributed by atoms with Gasteiger partial charge in [-0.3, -0.25) is 0 Å². The molecule has 1 aliphatic heterocycles. The summed E-state index contributed by atoms with van der Waals surface area (Å²) in [5, 5.41) is 0. The van der Waals surface area contributed by atoms with Gasteiger partial charge in [-0.15, -0.1) is 0 Å². The molecule has 1 heterocycles. The van der Waals surface area contributed by atoms with Crippen LogP contribution in [0.2, 0.25) is 0 Å². The van der Waals surface area contributed by atoms with Crippen molar-refractivity contribution in [2.75, 3.05) is 0 Å². The van der Waals surface area contributed by atoms with Gasteiger partial charge >= 0.3 is 0 Å². The number of hydrogen-bond donors (Lipinski definition) is 0. The lowest BCUT2D eigenvalue weighted by molar-refractivity contribution is -0.117. The van der Waals surface area contributed by atoms with Crippen molar-refractivity contribution in [2.45, 2.75) is 71.5 Å². The lowest BCUT2D eigenvalue weighted by Gasteiger charge is -2.40. The third-order valence-corrected chi connectivity index (χ3v) is 4.69. The molecule has 0 bridgehead atoms. The van der Waals surface area contributed by atoms with Crippen LogP contribution >= 0.6 is 0 Å². The first-order valence-corrected chi connectivity index (χ1v) is 6.53. The van der Waals surface area contributed by atoms with Gasteiger partial charge in [0.25, 0.3) is 0 Å². The molecule has 0 aromatic heterocycles. The maximum Gasteiger partial charge on any atom is 0.129 e. The van der Waals surface area contributed by atoms with Gasteiger partial charge in [-0.25, -0.2) is 0 Å². The Labute approximate surface area is 98.7 Å². The van der Waals surface area contributed by atoms with E-state index in [-0.39, 0.29) is 5.60 Å². The number of Topliss-reactive ketones (excluding diaryl/α,β-unsaturated/α-hetero) is 1. The van der Waals surface area contributed by atoms with E-state index in [1.165, 1.54) is 12.8 Å². The van der Waals surface area contributed by atoms with Crippen LogP contribution in [-0.2, 0) is 9.53 Å². The zero-order valence-electron chi connectivity index (χ0n) is 11.0. The summed E-state index contributed by atoms with van der Waals surface area (Å²) in [5.41, 5.74) is 0.497. The van der Waals surface area contributed by atoms with Crippen molar-refractivity contribution in [2.24, 2.45) is 11.3 Å². The van der Waals surface area contributed by atoms with Gasteiger partial charge in [-0.05, 0) is 50.9 Å². The predicted molar refractivity (Wildman–Crippen MR) is 64.3 cm³/mol. The van der Waals surface area contributed by atoms with E-state index in [0.717, 1.165) is 19.3 Å². The summed E-state index contributed by atoms with van der Waals surface area (Å²) in [6, 6.07) is 0. The van der Waals surface area contributed by atoms with Gasteiger partial charge in [0.2, 0.25) is 0 Å². The Morgan fingerprint density at radius 1 is 1.38 bits per heavy atom. The van der Waals surface area contributed by atoms with Crippen LogP contribution < -0.4 is 0 Å². The number of carbonyl (C=O) groups excluding carboxylic acids is 1. The summed E-state index contributed by atoms with van der Waals surface area (Å²) in [7, 11) is 0. The summed E-state index contributed by atoms with van der Waals surface area (Å²) in [5.74, 6) is 0.935. The Morgan fingerprint density at radius 3 is 2.69 bits per heavy atom. The van der Waals surface area contributed by atoms with E-state index in [1.807, 2.05) is 0 Å². The minimum Gasteiger partial charge on any atom is -0.366 e. The molecular weight excluding hydrogens is 200 g/mol. The molecule has 1 saturated carbocycles. The van der Waals surface area contributed by atoms with Gasteiger partial charge in [-0.1, -0.05) is 13.8 Å². The first-order chi connectivity index (χ1) is 7.36. The summed E-state index contributed by atoms with van der Waals surface area (Å²) < 4.78 is 5.89. The van der Waals surface area contributed by atoms with Gasteiger partial charge in [0, 0.05) is 6.42 Å². The minimum atomic E-state index is 0.124. The van der Waals surface area contributed by atoms with Crippen molar-refractivity contribution in [3.63, 3.8) is 0 Å². The molecule has 3 atom stereocenters. The van der Waals surface area contributed by atoms with Crippen molar-refractivity contribution >= 4 is 5.78 Å². The molecule has 0 aromatic carbocycles. The minimum absolute atomic E-state index is 0.124. The number of rotatable bonds is 4. The largest absolute Gasteiger partial charge is 0.366 e. The molecular formula is C14H24O2. The highest BCUT2D eigenvalue weighted by Crippen LogP contribution is 2.59. The van der Waals surface area contributed by atoms with Crippen LogP contribution in [0.5, 0.6) is 0 Å². The van der Waals surface area contributed by atoms with Crippen LogP contribution in [0, 0.1) is 11.3 Å². The zero-order valence-corrected chi connectivity index (χ0v) is 11.0. The quantitative estimate of drug-likeness (QED) is 0.685. The second-order valence-electron chi connectivity index (χ2n) is 6.46. The van der Waals surface area contributed by atoms with E-state index in [2.05, 4.69) is 20.8 Å². The molecule has 2 nitrogen and oxygen atoms in total. The van der Waals surface area contributed by atoms with Crippen LogP contribution in [0.4, 0.5) is 0 Å². The lowest BCUT2D eigenvalue weighted by atomic mass is 9.62. The van der Waals surface area contributed by atoms with E-state index in [4.69, 9.17) is 4.74 Å². The summed E-state index contributed by atoms with van der Waals surface area (Å²) >= 11 is 0. The van der Waals surface area contributed by atoms with Crippen LogP contribution in [0.15, 0.2) is 0 Å². The third-order valence-electron chi connectivity index (χ3n) is 4.69. The highest BCUT2D eigenvalue weighted by molar-refractivity contribution is 5.75. The summed E-state index contributed by atoms with van der Waals surface area (Å²) in [6.45, 7) is 8.66. The summed E-state index contributed by atoms with van der Waals surface area (Å²) in [4.78, 5) is 11.0. The lowest BCUT2D eigenvalue weighted by Crippen LogP contribution is -2.40. The molecule has 2 heteroatoms. The Bertz CT molecular complexity index is 290. The van der Waals surface area contributed by atoms with Crippen LogP contribution in [0.25, 0.3) is 0 Å². The van der Waals surface area contributed by atoms with Crippen molar-refractivity contribution in [3.05, 3.63) is 0 Å². The molecule has 0 radical (unpaired) electrons. The second kappa shape index (κ2) is 3.83. The number of fused-ring (bicyclic) bond motifs is 1. The molecule has 1 saturated heterocycles. The number of ether oxygens (including phenoxy) is 1. The van der Waals surface area contributed by atoms with E-state index < -0.39 is 0 Å². The SMILES string of the molecule is CC(=O)CCCC1C(C)(C)CC[C@@H]2O[C@]12C. The second-order valence-corrected chi connectivity index (χ2v) is 6.46. The third kappa shape index (κ3) is 2.04. The fraction of sp³-hybridized carbons (Fsp3) is 0.929. The van der Waals surface area contributed by atoms with Crippen LogP contribution in [0.1, 0.15) is 59.8 Å². The normalized spacial score (nSPS) is 40.2. The van der Waals surface area contributed by atoms with Gasteiger partial charge in [0.05, 0.1) is 11.7 Å². The summed E-state index contributed by atoms with van der Waals surface area (Å²) in [6.07, 6.45) is 5.87. The maximum absolute atomic E-state index is 11.0. The first-order valence-electron chi connectivity index (χ1n) is 6.53. The zero-order chi connectivity index (χ0) is 12.0. The van der Waals surface area contributed by atoms with Gasteiger partial charge in [0.15, 0.2) is 0 Å². The van der Waals surface area contributed by atoms with Gasteiger partial charge in [-0.2, -0.15) is 0 Å². The Morgan fingerprint density at radius 2 is 2.06 bits per heavy atom. The molecule has 2 aliphatic rings. The topological polar surface area (TPSA) is 29.6 Å². The van der Waals surface area contributed by atoms with Gasteiger partial charge < -0.3 is 9.53 Å². The standard InChI is InChI=1S/C14H24O2/c1-10(15)6-5-7-11-13(2,3)9-8-12-14(11,4)16-12/h11-12H,5-9H2,1-4H3/t11?,12-,14+/m0/s1. The average molecular weight is 224 g/mol. The number of carbonyl (C=O) groups is 1. The molecule has 2 fully saturated rings. The monoisotopic (exact) mass is 224 g/mol. The number of ketones is 1. The number of hydrogen-bond acceptors (Lipinski definition) is 2. The fourth-order valence-corrected chi connectivity index (χ4v) is 3.61. The first kappa shape index (κ1) is 12.1. The highest BCUT2D eigenvalue weighted by atomic mass is 16.6. The molecule has 1 aliphatic carbocycles. The van der Waals surface area contributed by atoms with Crippen molar-refractivity contribution in [1.29, 1.82) is 0 Å². The molecule has 0 spiro atoms. The Hall–Kier alpha value is -0.370. The molecule has 2 rings (SSSR count). The van der Waals surface area contributed by atoms with E-state index in [0.29, 0.717) is 23.2 Å². The smallest absolute Gasteiger partial charge is 0.129 e. The molecule has 92 valence electrons. The van der Waals surface area contributed by atoms with E-state index in [1.54, 1.807) is 6.92 Å². The maximum atomic E-state index is 11.0. The Balaban J connectivity index is 1.96. The predicted octanol–water partition coefficient (Wildman–Crippen LogP) is 3.34. The molecule has 0 amide bonds. The van der Waals surface area contributed by atoms with Crippen molar-refractivity contribution in [1.82, 2.24) is 0 Å². The molecule has 0 N–H and O–H groups in total. The molecule has 1 unspecified atom stereocenters. The van der Waals surface area contributed by atoms with Crippen molar-refractivity contribution in [3.8, 4) is 0 Å². The van der Waals surface area contributed by atoms with Crippen LogP contribution in [-0.4, -0.2) is 17.5 Å². The Kier molecular flexibility index (Phi) is 2.90. The fourth-order valence-electron chi connectivity index (χ4n) is 3.61. The molecule has 0 aromatic rings. The average Bonchev–Trinajstić information content (AvgIpc) is 2.81. The number of epoxide rings is 1. The highest BCUT2D eigenvalue weighted by Gasteiger charge is 2.63. The van der Waals surface area contributed by atoms with Gasteiger partial charge in [0.1, 0.15) is 5.78 Å². The van der Waals surface area contributed by atoms with Crippen LogP contribution in [0.3, 0.4) is 0 Å². The van der Waals surface area contributed by atoms with E-state index >= 15 is 0 Å². The van der Waals surface area contributed by atoms with E-state index in [9.17, 15) is 4.79 Å². The molecule has 16 heavy (non-hydrogen) atoms. The van der Waals surface area contributed by atoms with Crippen molar-refractivity contribution < 1.29 is 9.53 Å².